The summed E-state index contributed by atoms with van der Waals surface area (Å²) < 4.78 is 14.5. The van der Waals surface area contributed by atoms with Crippen molar-refractivity contribution < 1.29 is 19.4 Å². The van der Waals surface area contributed by atoms with Crippen molar-refractivity contribution in [2.75, 3.05) is 19.7 Å². The quantitative estimate of drug-likeness (QED) is 0.176. The van der Waals surface area contributed by atoms with Crippen LogP contribution in [0.5, 0.6) is 11.5 Å². The van der Waals surface area contributed by atoms with Crippen molar-refractivity contribution in [3.05, 3.63) is 112 Å². The molecule has 208 valence electrons. The molecule has 0 aliphatic heterocycles. The Morgan fingerprint density at radius 2 is 1.41 bits per heavy atom. The molecule has 0 saturated heterocycles. The number of halogens is 1. The van der Waals surface area contributed by atoms with E-state index in [4.69, 9.17) is 31.3 Å². The molecular formula is C33H30ClN3O4. The van der Waals surface area contributed by atoms with Gasteiger partial charge in [-0.3, -0.25) is 9.48 Å². The number of ether oxygens (including phenoxy) is 2. The van der Waals surface area contributed by atoms with E-state index in [1.165, 1.54) is 0 Å². The minimum absolute atomic E-state index is 0.0933. The molecule has 0 radical (unpaired) electrons. The van der Waals surface area contributed by atoms with E-state index in [9.17, 15) is 4.79 Å². The first-order valence-corrected chi connectivity index (χ1v) is 14.1. The number of nitrogens with one attached hydrogen (secondary N) is 1. The monoisotopic (exact) mass is 567 g/mol. The summed E-state index contributed by atoms with van der Waals surface area (Å²) in [6.07, 6.45) is 0.798. The van der Waals surface area contributed by atoms with Crippen molar-refractivity contribution in [1.29, 1.82) is 0 Å². The van der Waals surface area contributed by atoms with Gasteiger partial charge in [-0.15, -0.1) is 0 Å². The maximum Gasteiger partial charge on any atom is 0.199 e. The average Bonchev–Trinajstić information content (AvgIpc) is 3.37. The lowest BCUT2D eigenvalue weighted by atomic mass is 9.86. The number of fused-ring (bicyclic) bond motifs is 2. The van der Waals surface area contributed by atoms with Gasteiger partial charge in [0.1, 0.15) is 30.4 Å². The van der Waals surface area contributed by atoms with Crippen molar-refractivity contribution >= 4 is 28.3 Å². The number of carbonyl (C=O) groups excluding carboxylic acids is 1. The molecule has 1 aromatic heterocycles. The molecule has 0 unspecified atom stereocenters. The van der Waals surface area contributed by atoms with Gasteiger partial charge in [0.25, 0.3) is 0 Å². The third-order valence-electron chi connectivity index (χ3n) is 7.17. The number of hydrogen-bond donors (Lipinski definition) is 2. The largest absolute Gasteiger partial charge is 0.488 e. The SMILES string of the molecule is O=C1c2c(OCc3ccccc3)ccc(OCc3ccccc3)c2-c2nn(CCCNCCO)c3ccc(Cl)c1c23. The normalized spacial score (nSPS) is 12.0. The number of aliphatic hydroxyl groups excluding tert-OH is 1. The predicted octanol–water partition coefficient (Wildman–Crippen LogP) is 6.03. The maximum absolute atomic E-state index is 14.2. The fourth-order valence-electron chi connectivity index (χ4n) is 5.23. The second-order valence-corrected chi connectivity index (χ2v) is 10.3. The Hall–Kier alpha value is -4.17. The lowest BCUT2D eigenvalue weighted by Gasteiger charge is -2.22. The number of benzene rings is 4. The van der Waals surface area contributed by atoms with Crippen LogP contribution in [0.4, 0.5) is 0 Å². The van der Waals surface area contributed by atoms with E-state index in [1.54, 1.807) is 12.1 Å². The molecule has 8 heteroatoms. The first-order chi connectivity index (χ1) is 20.2. The zero-order valence-electron chi connectivity index (χ0n) is 22.5. The first-order valence-electron chi connectivity index (χ1n) is 13.7. The van der Waals surface area contributed by atoms with Crippen LogP contribution >= 0.6 is 11.6 Å². The minimum Gasteiger partial charge on any atom is -0.488 e. The second-order valence-electron chi connectivity index (χ2n) is 9.90. The Labute approximate surface area is 243 Å². The molecule has 1 aliphatic carbocycles. The smallest absolute Gasteiger partial charge is 0.199 e. The van der Waals surface area contributed by atoms with E-state index in [0.29, 0.717) is 65.2 Å². The van der Waals surface area contributed by atoms with Gasteiger partial charge in [0, 0.05) is 18.5 Å². The summed E-state index contributed by atoms with van der Waals surface area (Å²) in [6, 6.07) is 27.1. The average molecular weight is 568 g/mol. The summed E-state index contributed by atoms with van der Waals surface area (Å²) in [5.41, 5.74) is 4.96. The maximum atomic E-state index is 14.2. The molecule has 1 heterocycles. The zero-order valence-corrected chi connectivity index (χ0v) is 23.2. The highest BCUT2D eigenvalue weighted by atomic mass is 35.5. The summed E-state index contributed by atoms with van der Waals surface area (Å²) in [5.74, 6) is 0.814. The molecule has 1 aliphatic rings. The van der Waals surface area contributed by atoms with Crippen LogP contribution in [-0.4, -0.2) is 40.4 Å². The Kier molecular flexibility index (Phi) is 8.00. The molecule has 0 atom stereocenters. The van der Waals surface area contributed by atoms with Gasteiger partial charge in [-0.25, -0.2) is 0 Å². The standard InChI is InChI=1S/C33H30ClN3O4/c34-24-12-13-25-29-28(24)33(39)31-27(41-21-23-10-5-2-6-11-23)15-14-26(40-20-22-8-3-1-4-9-22)30(31)32(29)36-37(25)18-7-16-35-17-19-38/h1-6,8-15,35,38H,7,16-21H2. The van der Waals surface area contributed by atoms with Crippen molar-refractivity contribution in [2.45, 2.75) is 26.2 Å². The van der Waals surface area contributed by atoms with Crippen molar-refractivity contribution in [3.63, 3.8) is 0 Å². The second kappa shape index (κ2) is 12.1. The molecule has 0 amide bonds. The van der Waals surface area contributed by atoms with Crippen molar-refractivity contribution in [2.24, 2.45) is 0 Å². The van der Waals surface area contributed by atoms with Gasteiger partial charge in [0.15, 0.2) is 5.78 Å². The van der Waals surface area contributed by atoms with Gasteiger partial charge in [-0.2, -0.15) is 5.10 Å². The molecule has 41 heavy (non-hydrogen) atoms. The molecular weight excluding hydrogens is 538 g/mol. The van der Waals surface area contributed by atoms with Crippen LogP contribution in [0, 0.1) is 0 Å². The van der Waals surface area contributed by atoms with Gasteiger partial charge in [-0.05, 0) is 48.4 Å². The number of aliphatic hydroxyl groups is 1. The van der Waals surface area contributed by atoms with Gasteiger partial charge >= 0.3 is 0 Å². The van der Waals surface area contributed by atoms with Gasteiger partial charge in [-0.1, -0.05) is 72.3 Å². The predicted molar refractivity (Wildman–Crippen MR) is 160 cm³/mol. The van der Waals surface area contributed by atoms with E-state index in [1.807, 2.05) is 77.5 Å². The summed E-state index contributed by atoms with van der Waals surface area (Å²) in [5, 5.41) is 18.4. The number of hydrogen-bond acceptors (Lipinski definition) is 6. The third-order valence-corrected chi connectivity index (χ3v) is 7.49. The molecule has 0 saturated carbocycles. The van der Waals surface area contributed by atoms with E-state index in [0.717, 1.165) is 35.0 Å². The van der Waals surface area contributed by atoms with Crippen LogP contribution in [0.1, 0.15) is 33.5 Å². The lowest BCUT2D eigenvalue weighted by molar-refractivity contribution is 0.103. The molecule has 7 nitrogen and oxygen atoms in total. The summed E-state index contributed by atoms with van der Waals surface area (Å²) in [4.78, 5) is 14.2. The summed E-state index contributed by atoms with van der Waals surface area (Å²) >= 11 is 6.68. The number of aryl methyl sites for hydroxylation is 1. The molecule has 6 rings (SSSR count). The van der Waals surface area contributed by atoms with Crippen LogP contribution in [0.3, 0.4) is 0 Å². The lowest BCUT2D eigenvalue weighted by Crippen LogP contribution is -2.20. The van der Waals surface area contributed by atoms with E-state index in [2.05, 4.69) is 5.32 Å². The molecule has 2 N–H and O–H groups in total. The first kappa shape index (κ1) is 27.0. The van der Waals surface area contributed by atoms with Crippen LogP contribution in [-0.2, 0) is 19.8 Å². The number of ketones is 1. The highest BCUT2D eigenvalue weighted by Gasteiger charge is 2.35. The molecule has 5 aromatic rings. The topological polar surface area (TPSA) is 85.6 Å². The van der Waals surface area contributed by atoms with Crippen molar-refractivity contribution in [3.8, 4) is 22.8 Å². The number of nitrogens with zero attached hydrogens (tertiary/aromatic N) is 2. The fraction of sp³-hybridized carbons (Fsp3) is 0.212. The number of carbonyl (C=O) groups is 1. The summed E-state index contributed by atoms with van der Waals surface area (Å²) in [6.45, 7) is 2.65. The zero-order chi connectivity index (χ0) is 28.2. The van der Waals surface area contributed by atoms with Crippen LogP contribution in [0.25, 0.3) is 22.2 Å². The van der Waals surface area contributed by atoms with Gasteiger partial charge in [0.05, 0.1) is 33.8 Å². The Morgan fingerprint density at radius 1 is 0.780 bits per heavy atom. The number of aromatic nitrogens is 2. The van der Waals surface area contributed by atoms with Crippen LogP contribution in [0.2, 0.25) is 5.02 Å². The summed E-state index contributed by atoms with van der Waals surface area (Å²) in [7, 11) is 0. The van der Waals surface area contributed by atoms with Gasteiger partial charge in [0.2, 0.25) is 0 Å². The third kappa shape index (κ3) is 5.44. The highest BCUT2D eigenvalue weighted by molar-refractivity contribution is 6.39. The molecule has 0 bridgehead atoms. The van der Waals surface area contributed by atoms with Gasteiger partial charge < -0.3 is 19.9 Å². The van der Waals surface area contributed by atoms with E-state index >= 15 is 0 Å². The van der Waals surface area contributed by atoms with Crippen LogP contribution < -0.4 is 14.8 Å². The Bertz CT molecular complexity index is 1690. The molecule has 0 fully saturated rings. The Morgan fingerprint density at radius 3 is 2.05 bits per heavy atom. The van der Waals surface area contributed by atoms with E-state index in [-0.39, 0.29) is 12.4 Å². The fourth-order valence-corrected chi connectivity index (χ4v) is 5.48. The van der Waals surface area contributed by atoms with Crippen LogP contribution in [0.15, 0.2) is 84.9 Å². The Balaban J connectivity index is 1.45. The minimum atomic E-state index is -0.208. The molecule has 4 aromatic carbocycles. The van der Waals surface area contributed by atoms with Crippen molar-refractivity contribution in [1.82, 2.24) is 15.1 Å². The number of rotatable bonds is 12. The van der Waals surface area contributed by atoms with E-state index < -0.39 is 0 Å². The molecule has 0 spiro atoms. The highest BCUT2D eigenvalue weighted by Crippen LogP contribution is 2.48.